The van der Waals surface area contributed by atoms with Crippen LogP contribution in [0, 0.1) is 0 Å². The first kappa shape index (κ1) is 78.7. The minimum atomic E-state index is -4.39. The molecule has 10 heteroatoms. The Morgan fingerprint density at radius 1 is 0.383 bits per heavy atom. The zero-order valence-corrected chi connectivity index (χ0v) is 54.2. The van der Waals surface area contributed by atoms with Crippen molar-refractivity contribution in [2.24, 2.45) is 5.73 Å². The Hall–Kier alpha value is -2.29. The standard InChI is InChI=1S/C71H132NO8P/c1-3-5-7-9-11-13-15-17-19-21-23-25-27-29-31-32-33-34-35-36-38-39-41-43-45-47-49-51-53-55-57-59-61-63-70(73)77-67-69(68-79-81(75,76)78-66-65-72)80-71(74)64-62-60-58-56-54-52-50-48-46-44-42-40-37-30-28-26-24-22-20-18-16-14-12-10-8-6-4-2/h6,8,12,14,18,20,24,26,30,37,69H,3-5,7,9-11,13,15-17,19,21-23,25,27-29,31-36,38-68,72H2,1-2H3,(H,75,76)/b8-6-,14-12-,20-18-,26-24-,37-30-. The van der Waals surface area contributed by atoms with Gasteiger partial charge in [-0.15, -0.1) is 0 Å². The molecule has 0 aliphatic heterocycles. The van der Waals surface area contributed by atoms with E-state index in [1.54, 1.807) is 0 Å². The van der Waals surface area contributed by atoms with E-state index in [9.17, 15) is 19.0 Å². The molecule has 81 heavy (non-hydrogen) atoms. The lowest BCUT2D eigenvalue weighted by molar-refractivity contribution is -0.161. The summed E-state index contributed by atoms with van der Waals surface area (Å²) in [5, 5.41) is 0. The van der Waals surface area contributed by atoms with Crippen molar-refractivity contribution in [3.8, 4) is 0 Å². The second-order valence-corrected chi connectivity index (χ2v) is 24.8. The summed E-state index contributed by atoms with van der Waals surface area (Å²) in [6.45, 7) is 3.69. The zero-order valence-electron chi connectivity index (χ0n) is 53.3. The van der Waals surface area contributed by atoms with Crippen molar-refractivity contribution in [1.29, 1.82) is 0 Å². The molecule has 0 saturated heterocycles. The second-order valence-electron chi connectivity index (χ2n) is 23.4. The van der Waals surface area contributed by atoms with Gasteiger partial charge in [0.1, 0.15) is 6.61 Å². The van der Waals surface area contributed by atoms with E-state index in [-0.39, 0.29) is 38.6 Å². The fourth-order valence-corrected chi connectivity index (χ4v) is 11.1. The topological polar surface area (TPSA) is 134 Å². The number of ether oxygens (including phenoxy) is 2. The number of esters is 2. The molecular weight excluding hydrogens is 1030 g/mol. The summed E-state index contributed by atoms with van der Waals surface area (Å²) in [7, 11) is -4.39. The summed E-state index contributed by atoms with van der Waals surface area (Å²) in [6.07, 6.45) is 86.1. The van der Waals surface area contributed by atoms with Gasteiger partial charge in [0.05, 0.1) is 13.2 Å². The van der Waals surface area contributed by atoms with Crippen molar-refractivity contribution in [2.45, 2.75) is 354 Å². The van der Waals surface area contributed by atoms with Crippen LogP contribution < -0.4 is 5.73 Å². The molecular formula is C71H132NO8P. The van der Waals surface area contributed by atoms with E-state index in [0.29, 0.717) is 6.42 Å². The van der Waals surface area contributed by atoms with E-state index in [2.05, 4.69) is 74.6 Å². The summed E-state index contributed by atoms with van der Waals surface area (Å²) >= 11 is 0. The molecule has 0 aromatic heterocycles. The van der Waals surface area contributed by atoms with E-state index in [4.69, 9.17) is 24.3 Å². The molecule has 2 atom stereocenters. The van der Waals surface area contributed by atoms with Crippen LogP contribution in [0.5, 0.6) is 0 Å². The largest absolute Gasteiger partial charge is 0.472 e. The summed E-state index contributed by atoms with van der Waals surface area (Å²) in [6, 6.07) is 0. The average molecular weight is 1160 g/mol. The number of carbonyl (C=O) groups excluding carboxylic acids is 2. The summed E-state index contributed by atoms with van der Waals surface area (Å²) in [5.41, 5.74) is 5.40. The summed E-state index contributed by atoms with van der Waals surface area (Å²) in [4.78, 5) is 35.3. The van der Waals surface area contributed by atoms with Gasteiger partial charge in [-0.1, -0.05) is 338 Å². The first-order valence-electron chi connectivity index (χ1n) is 34.8. The Morgan fingerprint density at radius 3 is 1.01 bits per heavy atom. The number of hydrogen-bond acceptors (Lipinski definition) is 8. The summed E-state index contributed by atoms with van der Waals surface area (Å²) < 4.78 is 33.2. The molecule has 0 fully saturated rings. The van der Waals surface area contributed by atoms with Gasteiger partial charge in [-0.2, -0.15) is 0 Å². The molecule has 0 rings (SSSR count). The van der Waals surface area contributed by atoms with E-state index in [0.717, 1.165) is 77.0 Å². The van der Waals surface area contributed by atoms with Gasteiger partial charge >= 0.3 is 19.8 Å². The van der Waals surface area contributed by atoms with E-state index >= 15 is 0 Å². The van der Waals surface area contributed by atoms with Gasteiger partial charge < -0.3 is 20.1 Å². The first-order chi connectivity index (χ1) is 39.8. The van der Waals surface area contributed by atoms with E-state index in [1.165, 1.54) is 238 Å². The molecule has 474 valence electrons. The lowest BCUT2D eigenvalue weighted by Gasteiger charge is -2.19. The van der Waals surface area contributed by atoms with Crippen molar-refractivity contribution in [3.63, 3.8) is 0 Å². The predicted octanol–water partition coefficient (Wildman–Crippen LogP) is 22.6. The third-order valence-electron chi connectivity index (χ3n) is 15.4. The second kappa shape index (κ2) is 66.8. The third-order valence-corrected chi connectivity index (χ3v) is 16.4. The van der Waals surface area contributed by atoms with Crippen molar-refractivity contribution in [3.05, 3.63) is 60.8 Å². The Balaban J connectivity index is 3.84. The molecule has 0 bridgehead atoms. The van der Waals surface area contributed by atoms with Crippen LogP contribution in [0.15, 0.2) is 60.8 Å². The molecule has 0 heterocycles. The number of nitrogens with two attached hydrogens (primary N) is 1. The molecule has 0 aromatic rings. The highest BCUT2D eigenvalue weighted by atomic mass is 31.2. The van der Waals surface area contributed by atoms with Gasteiger partial charge in [-0.25, -0.2) is 4.57 Å². The third kappa shape index (κ3) is 66.7. The molecule has 0 radical (unpaired) electrons. The van der Waals surface area contributed by atoms with E-state index < -0.39 is 26.5 Å². The molecule has 3 N–H and O–H groups in total. The number of rotatable bonds is 66. The monoisotopic (exact) mass is 1160 g/mol. The number of unbranched alkanes of at least 4 members (excludes halogenated alkanes) is 43. The molecule has 2 unspecified atom stereocenters. The van der Waals surface area contributed by atoms with Crippen LogP contribution in [0.2, 0.25) is 0 Å². The highest BCUT2D eigenvalue weighted by molar-refractivity contribution is 7.47. The van der Waals surface area contributed by atoms with Gasteiger partial charge in [-0.3, -0.25) is 18.6 Å². The van der Waals surface area contributed by atoms with Crippen LogP contribution in [0.3, 0.4) is 0 Å². The minimum absolute atomic E-state index is 0.0527. The van der Waals surface area contributed by atoms with Gasteiger partial charge in [-0.05, 0) is 57.8 Å². The number of allylic oxidation sites excluding steroid dienone is 10. The lowest BCUT2D eigenvalue weighted by Crippen LogP contribution is -2.29. The van der Waals surface area contributed by atoms with Crippen LogP contribution in [-0.2, 0) is 32.7 Å². The molecule has 0 amide bonds. The Morgan fingerprint density at radius 2 is 0.679 bits per heavy atom. The van der Waals surface area contributed by atoms with Gasteiger partial charge in [0.15, 0.2) is 6.10 Å². The Labute approximate surface area is 501 Å². The lowest BCUT2D eigenvalue weighted by atomic mass is 10.0. The number of hydrogen-bond donors (Lipinski definition) is 2. The van der Waals surface area contributed by atoms with Crippen LogP contribution in [0.25, 0.3) is 0 Å². The highest BCUT2D eigenvalue weighted by Gasteiger charge is 2.26. The first-order valence-corrected chi connectivity index (χ1v) is 36.3. The van der Waals surface area contributed by atoms with Crippen LogP contribution >= 0.6 is 7.82 Å². The van der Waals surface area contributed by atoms with Crippen LogP contribution in [0.1, 0.15) is 348 Å². The normalized spacial score (nSPS) is 13.3. The van der Waals surface area contributed by atoms with Gasteiger partial charge in [0.25, 0.3) is 0 Å². The minimum Gasteiger partial charge on any atom is -0.462 e. The number of phosphoric acid groups is 1. The average Bonchev–Trinajstić information content (AvgIpc) is 3.46. The maximum Gasteiger partial charge on any atom is 0.472 e. The maximum absolute atomic E-state index is 12.8. The number of phosphoric ester groups is 1. The smallest absolute Gasteiger partial charge is 0.462 e. The summed E-state index contributed by atoms with van der Waals surface area (Å²) in [5.74, 6) is -0.816. The van der Waals surface area contributed by atoms with Crippen molar-refractivity contribution in [1.82, 2.24) is 0 Å². The van der Waals surface area contributed by atoms with Gasteiger partial charge in [0.2, 0.25) is 0 Å². The van der Waals surface area contributed by atoms with Crippen LogP contribution in [-0.4, -0.2) is 49.3 Å². The fourth-order valence-electron chi connectivity index (χ4n) is 10.3. The predicted molar refractivity (Wildman–Crippen MR) is 349 cm³/mol. The zero-order chi connectivity index (χ0) is 58.7. The molecule has 9 nitrogen and oxygen atoms in total. The Bertz CT molecular complexity index is 1510. The van der Waals surface area contributed by atoms with Crippen molar-refractivity contribution >= 4 is 19.8 Å². The van der Waals surface area contributed by atoms with Crippen molar-refractivity contribution in [2.75, 3.05) is 26.4 Å². The Kier molecular flexibility index (Phi) is 65.0. The molecule has 0 aliphatic carbocycles. The molecule has 0 aromatic carbocycles. The van der Waals surface area contributed by atoms with E-state index in [1.807, 2.05) is 0 Å². The highest BCUT2D eigenvalue weighted by Crippen LogP contribution is 2.43. The van der Waals surface area contributed by atoms with Crippen molar-refractivity contribution < 1.29 is 37.6 Å². The van der Waals surface area contributed by atoms with Gasteiger partial charge in [0, 0.05) is 19.4 Å². The molecule has 0 saturated carbocycles. The van der Waals surface area contributed by atoms with Crippen LogP contribution in [0.4, 0.5) is 0 Å². The maximum atomic E-state index is 12.8. The quantitative estimate of drug-likeness (QED) is 0.0264. The SMILES string of the molecule is CC/C=C\C/C=C\C/C=C\C/C=C\C/C=C\CCCCCCCCCCCCCC(=O)OC(COC(=O)CCCCCCCCCCCCCCCCCCCCCCCCCCCCCCCCCCC)COP(=O)(O)OCCN. The molecule has 0 aliphatic rings. The fraction of sp³-hybridized carbons (Fsp3) is 0.831. The number of carbonyl (C=O) groups is 2. The molecule has 0 spiro atoms.